The molecule has 1 heterocycles. The number of ether oxygens (including phenoxy) is 1. The number of rotatable bonds is 1. The summed E-state index contributed by atoms with van der Waals surface area (Å²) in [5, 5.41) is 4.41. The smallest absolute Gasteiger partial charge is 0.184 e. The van der Waals surface area contributed by atoms with Crippen molar-refractivity contribution in [1.29, 1.82) is 0 Å². The van der Waals surface area contributed by atoms with E-state index in [0.29, 0.717) is 6.42 Å². The summed E-state index contributed by atoms with van der Waals surface area (Å²) in [4.78, 5) is 0. The van der Waals surface area contributed by atoms with Crippen LogP contribution < -0.4 is 15.9 Å². The Morgan fingerprint density at radius 3 is 2.88 bits per heavy atom. The summed E-state index contributed by atoms with van der Waals surface area (Å²) in [6, 6.07) is 7.81. The van der Waals surface area contributed by atoms with Crippen molar-refractivity contribution in [1.82, 2.24) is 5.43 Å². The molecule has 0 aromatic heterocycles. The highest BCUT2D eigenvalue weighted by Crippen LogP contribution is 2.32. The number of nitrogens with one attached hydrogen (secondary N) is 1. The number of para-hydroxylation sites is 1. The van der Waals surface area contributed by atoms with E-state index in [0.717, 1.165) is 17.0 Å². The Morgan fingerprint density at radius 1 is 1.47 bits per heavy atom. The maximum absolute atomic E-state index is 5.88. The van der Waals surface area contributed by atoms with Gasteiger partial charge in [0.15, 0.2) is 5.11 Å². The van der Waals surface area contributed by atoms with E-state index in [2.05, 4.69) is 10.5 Å². The summed E-state index contributed by atoms with van der Waals surface area (Å²) in [6.45, 7) is 4.05. The molecule has 90 valence electrons. The maximum Gasteiger partial charge on any atom is 0.184 e. The topological polar surface area (TPSA) is 59.6 Å². The van der Waals surface area contributed by atoms with Gasteiger partial charge in [-0.1, -0.05) is 12.1 Å². The first kappa shape index (κ1) is 11.9. The van der Waals surface area contributed by atoms with Crippen LogP contribution in [-0.4, -0.2) is 16.4 Å². The van der Waals surface area contributed by atoms with Crippen molar-refractivity contribution in [3.8, 4) is 5.75 Å². The summed E-state index contributed by atoms with van der Waals surface area (Å²) in [5.74, 6) is 0.840. The van der Waals surface area contributed by atoms with Gasteiger partial charge in [-0.3, -0.25) is 5.43 Å². The number of hydrogen-bond donors (Lipinski definition) is 2. The second-order valence-corrected chi connectivity index (χ2v) is 5.01. The van der Waals surface area contributed by atoms with Gasteiger partial charge in [-0.05, 0) is 38.2 Å². The fourth-order valence-corrected chi connectivity index (χ4v) is 1.89. The first-order valence-corrected chi connectivity index (χ1v) is 5.79. The number of thiocarbonyl (C=S) groups is 1. The fourth-order valence-electron chi connectivity index (χ4n) is 1.85. The Hall–Kier alpha value is -1.62. The highest BCUT2D eigenvalue weighted by atomic mass is 32.1. The maximum atomic E-state index is 5.88. The summed E-state index contributed by atoms with van der Waals surface area (Å²) in [6.07, 6.45) is 0.708. The summed E-state index contributed by atoms with van der Waals surface area (Å²) < 4.78 is 5.88. The minimum absolute atomic E-state index is 0.166. The number of hydrogen-bond acceptors (Lipinski definition) is 3. The zero-order chi connectivity index (χ0) is 12.5. The van der Waals surface area contributed by atoms with Crippen molar-refractivity contribution in [3.63, 3.8) is 0 Å². The second kappa shape index (κ2) is 4.33. The van der Waals surface area contributed by atoms with E-state index in [1.807, 2.05) is 38.1 Å². The molecule has 3 N–H and O–H groups in total. The van der Waals surface area contributed by atoms with Gasteiger partial charge >= 0.3 is 0 Å². The molecule has 0 amide bonds. The van der Waals surface area contributed by atoms with Crippen LogP contribution in [-0.2, 0) is 0 Å². The summed E-state index contributed by atoms with van der Waals surface area (Å²) >= 11 is 4.75. The molecule has 5 heteroatoms. The molecule has 0 radical (unpaired) electrons. The van der Waals surface area contributed by atoms with Gasteiger partial charge in [0.1, 0.15) is 11.4 Å². The SMILES string of the molecule is CC1(C)C/C(=N\NC(N)=S)c2ccccc2O1. The first-order valence-electron chi connectivity index (χ1n) is 5.38. The molecular weight excluding hydrogens is 234 g/mol. The third-order valence-electron chi connectivity index (χ3n) is 2.48. The Labute approximate surface area is 106 Å². The third-order valence-corrected chi connectivity index (χ3v) is 2.57. The van der Waals surface area contributed by atoms with Gasteiger partial charge in [0.25, 0.3) is 0 Å². The Balaban J connectivity index is 2.39. The fraction of sp³-hybridized carbons (Fsp3) is 0.333. The Kier molecular flexibility index (Phi) is 3.02. The van der Waals surface area contributed by atoms with Gasteiger partial charge in [-0.25, -0.2) is 0 Å². The average Bonchev–Trinajstić information content (AvgIpc) is 2.24. The van der Waals surface area contributed by atoms with E-state index in [9.17, 15) is 0 Å². The van der Waals surface area contributed by atoms with E-state index in [1.54, 1.807) is 0 Å². The number of nitrogens with zero attached hydrogens (tertiary/aromatic N) is 1. The molecule has 0 saturated heterocycles. The Morgan fingerprint density at radius 2 is 2.18 bits per heavy atom. The molecule has 0 saturated carbocycles. The van der Waals surface area contributed by atoms with Crippen molar-refractivity contribution in [2.75, 3.05) is 0 Å². The zero-order valence-corrected chi connectivity index (χ0v) is 10.7. The largest absolute Gasteiger partial charge is 0.487 e. The minimum atomic E-state index is -0.273. The van der Waals surface area contributed by atoms with E-state index >= 15 is 0 Å². The Bertz CT molecular complexity index is 482. The molecule has 0 aliphatic carbocycles. The lowest BCUT2D eigenvalue weighted by Crippen LogP contribution is -2.37. The molecule has 1 aliphatic rings. The molecule has 4 nitrogen and oxygen atoms in total. The molecule has 0 bridgehead atoms. The van der Waals surface area contributed by atoms with Crippen LogP contribution in [0.2, 0.25) is 0 Å². The van der Waals surface area contributed by atoms with Crippen LogP contribution in [0.25, 0.3) is 0 Å². The molecule has 1 aromatic rings. The first-order chi connectivity index (χ1) is 7.98. The van der Waals surface area contributed by atoms with Gasteiger partial charge < -0.3 is 10.5 Å². The van der Waals surface area contributed by atoms with Crippen molar-refractivity contribution in [3.05, 3.63) is 29.8 Å². The standard InChI is InChI=1S/C12H15N3OS/c1-12(2)7-9(14-15-11(13)17)8-5-3-4-6-10(8)16-12/h3-6H,7H2,1-2H3,(H3,13,15,17)/b14-9+. The molecule has 0 atom stereocenters. The zero-order valence-electron chi connectivity index (χ0n) is 9.86. The number of hydrazone groups is 1. The van der Waals surface area contributed by atoms with E-state index in [1.165, 1.54) is 0 Å². The molecule has 1 aliphatic heterocycles. The predicted octanol–water partition coefficient (Wildman–Crippen LogP) is 1.79. The van der Waals surface area contributed by atoms with E-state index in [-0.39, 0.29) is 10.7 Å². The lowest BCUT2D eigenvalue weighted by Gasteiger charge is -2.33. The van der Waals surface area contributed by atoms with E-state index < -0.39 is 0 Å². The highest BCUT2D eigenvalue weighted by molar-refractivity contribution is 7.80. The van der Waals surface area contributed by atoms with Gasteiger partial charge in [0.05, 0.1) is 5.71 Å². The van der Waals surface area contributed by atoms with Crippen LogP contribution in [0.5, 0.6) is 5.75 Å². The number of fused-ring (bicyclic) bond motifs is 1. The van der Waals surface area contributed by atoms with Crippen molar-refractivity contribution in [2.45, 2.75) is 25.9 Å². The monoisotopic (exact) mass is 249 g/mol. The predicted molar refractivity (Wildman–Crippen MR) is 72.2 cm³/mol. The molecule has 0 spiro atoms. The molecule has 0 fully saturated rings. The van der Waals surface area contributed by atoms with Gasteiger partial charge in [0, 0.05) is 12.0 Å². The summed E-state index contributed by atoms with van der Waals surface area (Å²) in [7, 11) is 0. The van der Waals surface area contributed by atoms with Crippen LogP contribution in [0.4, 0.5) is 0 Å². The normalized spacial score (nSPS) is 19.3. The van der Waals surface area contributed by atoms with Crippen molar-refractivity contribution in [2.24, 2.45) is 10.8 Å². The van der Waals surface area contributed by atoms with Crippen molar-refractivity contribution < 1.29 is 4.74 Å². The van der Waals surface area contributed by atoms with E-state index in [4.69, 9.17) is 22.7 Å². The van der Waals surface area contributed by atoms with Gasteiger partial charge in [0.2, 0.25) is 0 Å². The van der Waals surface area contributed by atoms with Crippen LogP contribution in [0, 0.1) is 0 Å². The molecular formula is C12H15N3OS. The third kappa shape index (κ3) is 2.74. The molecule has 0 unspecified atom stereocenters. The molecule has 2 rings (SSSR count). The van der Waals surface area contributed by atoms with Crippen molar-refractivity contribution >= 4 is 23.0 Å². The van der Waals surface area contributed by atoms with Crippen LogP contribution in [0.1, 0.15) is 25.8 Å². The van der Waals surface area contributed by atoms with Gasteiger partial charge in [-0.2, -0.15) is 5.10 Å². The van der Waals surface area contributed by atoms with Crippen LogP contribution >= 0.6 is 12.2 Å². The lowest BCUT2D eigenvalue weighted by atomic mass is 9.92. The lowest BCUT2D eigenvalue weighted by molar-refractivity contribution is 0.111. The molecule has 17 heavy (non-hydrogen) atoms. The molecule has 1 aromatic carbocycles. The highest BCUT2D eigenvalue weighted by Gasteiger charge is 2.30. The second-order valence-electron chi connectivity index (χ2n) is 4.57. The average molecular weight is 249 g/mol. The minimum Gasteiger partial charge on any atom is -0.487 e. The quantitative estimate of drug-likeness (QED) is 0.588. The van der Waals surface area contributed by atoms with Crippen LogP contribution in [0.15, 0.2) is 29.4 Å². The van der Waals surface area contributed by atoms with Gasteiger partial charge in [-0.15, -0.1) is 0 Å². The number of nitrogens with two attached hydrogens (primary N) is 1. The summed E-state index contributed by atoms with van der Waals surface area (Å²) in [5.41, 5.74) is 9.63. The number of benzene rings is 1. The van der Waals surface area contributed by atoms with Crippen LogP contribution in [0.3, 0.4) is 0 Å².